The Morgan fingerprint density at radius 1 is 1.28 bits per heavy atom. The molecule has 134 valence electrons. The van der Waals surface area contributed by atoms with Crippen molar-refractivity contribution in [2.45, 2.75) is 18.4 Å². The third-order valence-corrected chi connectivity index (χ3v) is 5.41. The van der Waals surface area contributed by atoms with Crippen LogP contribution >= 0.6 is 11.3 Å². The van der Waals surface area contributed by atoms with Crippen LogP contribution in [0.25, 0.3) is 11.3 Å². The van der Waals surface area contributed by atoms with Crippen molar-refractivity contribution in [3.05, 3.63) is 35.2 Å². The lowest BCUT2D eigenvalue weighted by Gasteiger charge is -2.42. The molecule has 1 fully saturated rings. The van der Waals surface area contributed by atoms with E-state index in [9.17, 15) is 4.79 Å². The topological polar surface area (TPSA) is 66.5 Å². The number of anilines is 1. The summed E-state index contributed by atoms with van der Waals surface area (Å²) in [6.45, 7) is 2.07. The summed E-state index contributed by atoms with van der Waals surface area (Å²) in [5.74, 6) is 0. The van der Waals surface area contributed by atoms with Crippen molar-refractivity contribution in [2.75, 3.05) is 39.2 Å². The SMILES string of the molecule is CN(C)C1(CNC(=O)Nc2ccc(-c3cscn3)cc2)CCOCC1. The van der Waals surface area contributed by atoms with Crippen LogP contribution in [0.3, 0.4) is 0 Å². The van der Waals surface area contributed by atoms with E-state index >= 15 is 0 Å². The molecule has 0 spiro atoms. The Hall–Kier alpha value is -1.96. The molecule has 1 aromatic carbocycles. The second-order valence-corrected chi connectivity index (χ2v) is 7.21. The molecule has 25 heavy (non-hydrogen) atoms. The van der Waals surface area contributed by atoms with Crippen LogP contribution in [0.2, 0.25) is 0 Å². The number of nitrogens with zero attached hydrogens (tertiary/aromatic N) is 2. The van der Waals surface area contributed by atoms with E-state index in [2.05, 4.69) is 34.6 Å². The van der Waals surface area contributed by atoms with Crippen LogP contribution in [-0.2, 0) is 4.74 Å². The van der Waals surface area contributed by atoms with Crippen LogP contribution < -0.4 is 10.6 Å². The summed E-state index contributed by atoms with van der Waals surface area (Å²) < 4.78 is 5.46. The number of carbonyl (C=O) groups excluding carboxylic acids is 1. The average Bonchev–Trinajstić information content (AvgIpc) is 3.16. The predicted octanol–water partition coefficient (Wildman–Crippen LogP) is 3.04. The summed E-state index contributed by atoms with van der Waals surface area (Å²) in [6, 6.07) is 7.53. The minimum absolute atomic E-state index is 0.0376. The molecule has 7 heteroatoms. The van der Waals surface area contributed by atoms with Gasteiger partial charge in [-0.15, -0.1) is 11.3 Å². The summed E-state index contributed by atoms with van der Waals surface area (Å²) in [5.41, 5.74) is 4.53. The zero-order chi connectivity index (χ0) is 17.7. The van der Waals surface area contributed by atoms with Gasteiger partial charge < -0.3 is 20.3 Å². The second kappa shape index (κ2) is 7.95. The van der Waals surface area contributed by atoms with Gasteiger partial charge in [0.05, 0.1) is 11.2 Å². The van der Waals surface area contributed by atoms with Crippen molar-refractivity contribution >= 4 is 23.1 Å². The smallest absolute Gasteiger partial charge is 0.319 e. The predicted molar refractivity (Wildman–Crippen MR) is 101 cm³/mol. The molecule has 0 aliphatic carbocycles. The summed E-state index contributed by atoms with van der Waals surface area (Å²) in [6.07, 6.45) is 1.84. The summed E-state index contributed by atoms with van der Waals surface area (Å²) in [7, 11) is 4.12. The normalized spacial score (nSPS) is 16.6. The van der Waals surface area contributed by atoms with Gasteiger partial charge in [0.15, 0.2) is 0 Å². The van der Waals surface area contributed by atoms with Crippen LogP contribution in [0.15, 0.2) is 35.2 Å². The number of thiazole rings is 1. The number of nitrogens with one attached hydrogen (secondary N) is 2. The van der Waals surface area contributed by atoms with Gasteiger partial charge in [0.25, 0.3) is 0 Å². The van der Waals surface area contributed by atoms with Crippen molar-refractivity contribution in [3.8, 4) is 11.3 Å². The Morgan fingerprint density at radius 3 is 2.60 bits per heavy atom. The van der Waals surface area contributed by atoms with E-state index < -0.39 is 0 Å². The maximum absolute atomic E-state index is 12.3. The van der Waals surface area contributed by atoms with Gasteiger partial charge in [-0.05, 0) is 39.1 Å². The lowest BCUT2D eigenvalue weighted by atomic mass is 9.88. The lowest BCUT2D eigenvalue weighted by molar-refractivity contribution is -0.00553. The Balaban J connectivity index is 1.55. The minimum atomic E-state index is -0.186. The molecule has 3 rings (SSSR count). The number of urea groups is 1. The average molecular weight is 360 g/mol. The van der Waals surface area contributed by atoms with Gasteiger partial charge in [-0.1, -0.05) is 12.1 Å². The van der Waals surface area contributed by atoms with Gasteiger partial charge in [0, 0.05) is 41.9 Å². The largest absolute Gasteiger partial charge is 0.381 e. The molecule has 1 aliphatic rings. The van der Waals surface area contributed by atoms with Crippen molar-refractivity contribution in [1.29, 1.82) is 0 Å². The third kappa shape index (κ3) is 4.36. The molecule has 0 saturated carbocycles. The van der Waals surface area contributed by atoms with E-state index in [1.54, 1.807) is 11.3 Å². The van der Waals surface area contributed by atoms with Crippen molar-refractivity contribution in [2.24, 2.45) is 0 Å². The molecule has 1 aromatic heterocycles. The third-order valence-electron chi connectivity index (χ3n) is 4.82. The summed E-state index contributed by atoms with van der Waals surface area (Å²) in [4.78, 5) is 18.7. The van der Waals surface area contributed by atoms with Gasteiger partial charge in [0.1, 0.15) is 0 Å². The monoisotopic (exact) mass is 360 g/mol. The lowest BCUT2D eigenvalue weighted by Crippen LogP contribution is -2.56. The molecule has 2 heterocycles. The van der Waals surface area contributed by atoms with Gasteiger partial charge in [-0.2, -0.15) is 0 Å². The number of ether oxygens (including phenoxy) is 1. The fourth-order valence-electron chi connectivity index (χ4n) is 3.03. The van der Waals surface area contributed by atoms with Crippen LogP contribution in [-0.4, -0.2) is 55.3 Å². The molecular formula is C18H24N4O2S. The Bertz CT molecular complexity index is 680. The highest BCUT2D eigenvalue weighted by molar-refractivity contribution is 7.07. The van der Waals surface area contributed by atoms with Crippen molar-refractivity contribution < 1.29 is 9.53 Å². The van der Waals surface area contributed by atoms with Crippen LogP contribution in [0.5, 0.6) is 0 Å². The zero-order valence-corrected chi connectivity index (χ0v) is 15.4. The molecule has 1 aliphatic heterocycles. The summed E-state index contributed by atoms with van der Waals surface area (Å²) in [5, 5.41) is 7.90. The zero-order valence-electron chi connectivity index (χ0n) is 14.6. The number of benzene rings is 1. The van der Waals surface area contributed by atoms with Crippen LogP contribution in [0, 0.1) is 0 Å². The fraction of sp³-hybridized carbons (Fsp3) is 0.444. The van der Waals surface area contributed by atoms with E-state index in [1.807, 2.05) is 35.2 Å². The van der Waals surface area contributed by atoms with E-state index in [0.29, 0.717) is 6.54 Å². The van der Waals surface area contributed by atoms with Crippen LogP contribution in [0.4, 0.5) is 10.5 Å². The highest BCUT2D eigenvalue weighted by atomic mass is 32.1. The van der Waals surface area contributed by atoms with Gasteiger partial charge in [0.2, 0.25) is 0 Å². The Labute approximate surface area is 152 Å². The standard InChI is InChI=1S/C18H24N4O2S/c1-22(2)18(7-9-24-10-8-18)12-19-17(23)21-15-5-3-14(4-6-15)16-11-25-13-20-16/h3-6,11,13H,7-10,12H2,1-2H3,(H2,19,21,23). The fourth-order valence-corrected chi connectivity index (χ4v) is 3.59. The first-order valence-electron chi connectivity index (χ1n) is 8.38. The highest BCUT2D eigenvalue weighted by Gasteiger charge is 2.35. The molecule has 2 N–H and O–H groups in total. The van der Waals surface area contributed by atoms with Gasteiger partial charge in [-0.3, -0.25) is 0 Å². The highest BCUT2D eigenvalue weighted by Crippen LogP contribution is 2.25. The quantitative estimate of drug-likeness (QED) is 0.860. The molecule has 0 unspecified atom stereocenters. The molecule has 0 atom stereocenters. The first-order chi connectivity index (χ1) is 12.1. The number of rotatable bonds is 5. The van der Waals surface area contributed by atoms with Crippen LogP contribution in [0.1, 0.15) is 12.8 Å². The number of hydrogen-bond donors (Lipinski definition) is 2. The van der Waals surface area contributed by atoms with Crippen molar-refractivity contribution in [1.82, 2.24) is 15.2 Å². The molecule has 0 radical (unpaired) electrons. The number of hydrogen-bond acceptors (Lipinski definition) is 5. The summed E-state index contributed by atoms with van der Waals surface area (Å²) >= 11 is 1.57. The Morgan fingerprint density at radius 2 is 2.00 bits per heavy atom. The van der Waals surface area contributed by atoms with E-state index in [4.69, 9.17) is 4.74 Å². The molecule has 6 nitrogen and oxygen atoms in total. The number of amides is 2. The van der Waals surface area contributed by atoms with Crippen molar-refractivity contribution in [3.63, 3.8) is 0 Å². The molecule has 1 saturated heterocycles. The molecule has 2 amide bonds. The maximum atomic E-state index is 12.3. The van der Waals surface area contributed by atoms with E-state index in [-0.39, 0.29) is 11.6 Å². The Kier molecular flexibility index (Phi) is 5.67. The molecular weight excluding hydrogens is 336 g/mol. The number of aromatic nitrogens is 1. The maximum Gasteiger partial charge on any atom is 0.319 e. The first kappa shape index (κ1) is 17.8. The van der Waals surface area contributed by atoms with E-state index in [1.165, 1.54) is 0 Å². The van der Waals surface area contributed by atoms with Gasteiger partial charge in [-0.25, -0.2) is 9.78 Å². The number of likely N-dealkylation sites (N-methyl/N-ethyl adjacent to an activating group) is 1. The number of carbonyl (C=O) groups is 1. The first-order valence-corrected chi connectivity index (χ1v) is 9.32. The molecule has 2 aromatic rings. The minimum Gasteiger partial charge on any atom is -0.381 e. The van der Waals surface area contributed by atoms with E-state index in [0.717, 1.165) is 43.0 Å². The molecule has 0 bridgehead atoms. The second-order valence-electron chi connectivity index (χ2n) is 6.49. The van der Waals surface area contributed by atoms with Gasteiger partial charge >= 0.3 is 6.03 Å².